The molecule has 61 heavy (non-hydrogen) atoms. The van der Waals surface area contributed by atoms with Crippen LogP contribution in [0, 0.1) is 0 Å². The first-order valence-corrected chi connectivity index (χ1v) is 20.7. The lowest BCUT2D eigenvalue weighted by atomic mass is 9.92. The molecule has 0 saturated heterocycles. The zero-order valence-electron chi connectivity index (χ0n) is 32.8. The number of ether oxygens (including phenoxy) is 1. The van der Waals surface area contributed by atoms with E-state index in [0.717, 1.165) is 94.6 Å². The lowest BCUT2D eigenvalue weighted by molar-refractivity contribution is 0.487. The van der Waals surface area contributed by atoms with Gasteiger partial charge < -0.3 is 9.30 Å². The molecular formula is C56H34N4O. The van der Waals surface area contributed by atoms with E-state index in [9.17, 15) is 0 Å². The van der Waals surface area contributed by atoms with Crippen LogP contribution in [0.3, 0.4) is 0 Å². The Labute approximate surface area is 351 Å². The highest BCUT2D eigenvalue weighted by atomic mass is 16.5. The molecule has 0 aliphatic carbocycles. The third kappa shape index (κ3) is 5.08. The molecule has 0 saturated carbocycles. The summed E-state index contributed by atoms with van der Waals surface area (Å²) in [4.78, 5) is 10.6. The Hall–Kier alpha value is -8.28. The number of rotatable bonds is 5. The normalized spacial score (nSPS) is 12.1. The Balaban J connectivity index is 1.08. The van der Waals surface area contributed by atoms with E-state index in [-0.39, 0.29) is 0 Å². The lowest BCUT2D eigenvalue weighted by Gasteiger charge is -2.22. The maximum absolute atomic E-state index is 6.53. The quantitative estimate of drug-likeness (QED) is 0.175. The van der Waals surface area contributed by atoms with Crippen molar-refractivity contribution in [2.24, 2.45) is 0 Å². The van der Waals surface area contributed by atoms with Crippen LogP contribution in [0.25, 0.3) is 111 Å². The zero-order chi connectivity index (χ0) is 40.0. The van der Waals surface area contributed by atoms with Crippen LogP contribution in [0.4, 0.5) is 0 Å². The zero-order valence-corrected chi connectivity index (χ0v) is 32.8. The summed E-state index contributed by atoms with van der Waals surface area (Å²) in [5.74, 6) is 2.41. The van der Waals surface area contributed by atoms with Gasteiger partial charge in [0.05, 0.1) is 33.5 Å². The van der Waals surface area contributed by atoms with Gasteiger partial charge in [0.2, 0.25) is 5.95 Å². The summed E-state index contributed by atoms with van der Waals surface area (Å²) >= 11 is 0. The average molecular weight is 779 g/mol. The molecule has 0 N–H and O–H groups in total. The standard InChI is InChI=1S/C56H34N4O/c1-4-16-35(17-5-1)45-34-46(36-18-6-2-7-19-36)58-56(57-45)60-47-26-12-10-23-41(47)53-39(24-14-27-48(53)60)37-30-31-42-49(32-37)59(38-20-8-3-9-21-38)50-33-44-40-22-11-13-28-51(40)61-52-29-15-25-43(54(42)50)55(44)52/h1-34H. The molecule has 3 aromatic heterocycles. The molecule has 5 nitrogen and oxygen atoms in total. The van der Waals surface area contributed by atoms with Gasteiger partial charge in [-0.05, 0) is 76.7 Å². The third-order valence-electron chi connectivity index (χ3n) is 12.3. The summed E-state index contributed by atoms with van der Waals surface area (Å²) in [6.45, 7) is 0. The molecule has 12 aromatic rings. The van der Waals surface area contributed by atoms with Crippen molar-refractivity contribution in [2.75, 3.05) is 0 Å². The molecule has 4 heterocycles. The largest absolute Gasteiger partial charge is 0.456 e. The lowest BCUT2D eigenvalue weighted by Crippen LogP contribution is -2.04. The van der Waals surface area contributed by atoms with E-state index < -0.39 is 0 Å². The van der Waals surface area contributed by atoms with Crippen molar-refractivity contribution < 1.29 is 4.74 Å². The highest BCUT2D eigenvalue weighted by Crippen LogP contribution is 2.51. The molecule has 9 aromatic carbocycles. The third-order valence-corrected chi connectivity index (χ3v) is 12.3. The maximum Gasteiger partial charge on any atom is 0.235 e. The van der Waals surface area contributed by atoms with E-state index in [2.05, 4.69) is 197 Å². The molecule has 0 unspecified atom stereocenters. The first kappa shape index (κ1) is 33.7. The van der Waals surface area contributed by atoms with Gasteiger partial charge >= 0.3 is 0 Å². The number of aromatic nitrogens is 4. The molecule has 0 bridgehead atoms. The van der Waals surface area contributed by atoms with Crippen LogP contribution in [-0.4, -0.2) is 19.1 Å². The van der Waals surface area contributed by atoms with Crippen molar-refractivity contribution in [1.29, 1.82) is 0 Å². The van der Waals surface area contributed by atoms with Gasteiger partial charge in [0.25, 0.3) is 0 Å². The van der Waals surface area contributed by atoms with Gasteiger partial charge in [-0.15, -0.1) is 0 Å². The van der Waals surface area contributed by atoms with Crippen molar-refractivity contribution in [2.45, 2.75) is 0 Å². The Morgan fingerprint density at radius 3 is 1.72 bits per heavy atom. The van der Waals surface area contributed by atoms with Gasteiger partial charge in [-0.3, -0.25) is 4.57 Å². The Kier molecular flexibility index (Phi) is 7.24. The number of benzene rings is 9. The van der Waals surface area contributed by atoms with E-state index in [1.165, 1.54) is 21.7 Å². The highest BCUT2D eigenvalue weighted by molar-refractivity contribution is 6.26. The van der Waals surface area contributed by atoms with E-state index in [0.29, 0.717) is 5.95 Å². The second-order valence-corrected chi connectivity index (χ2v) is 15.7. The molecule has 0 spiro atoms. The summed E-state index contributed by atoms with van der Waals surface area (Å²) in [7, 11) is 0. The topological polar surface area (TPSA) is 44.9 Å². The molecule has 1 aliphatic heterocycles. The molecule has 0 fully saturated rings. The number of para-hydroxylation sites is 3. The fourth-order valence-electron chi connectivity index (χ4n) is 9.69. The van der Waals surface area contributed by atoms with E-state index in [1.807, 2.05) is 18.2 Å². The summed E-state index contributed by atoms with van der Waals surface area (Å²) in [6, 6.07) is 73.0. The first-order chi connectivity index (χ1) is 30.3. The van der Waals surface area contributed by atoms with Crippen LogP contribution in [0.2, 0.25) is 0 Å². The molecule has 0 amide bonds. The maximum atomic E-state index is 6.53. The smallest absolute Gasteiger partial charge is 0.235 e. The SMILES string of the molecule is c1ccc(-c2cc(-c3ccccc3)nc(-n3c4ccccc4c4c(-c5ccc6c7c8cccc9c8c(cc7n(-c7ccccc7)c6c5)-c5ccccc5O9)cccc43)n2)cc1. The molecule has 0 radical (unpaired) electrons. The van der Waals surface area contributed by atoms with Crippen molar-refractivity contribution in [3.8, 4) is 67.9 Å². The van der Waals surface area contributed by atoms with Crippen LogP contribution in [0.5, 0.6) is 11.5 Å². The van der Waals surface area contributed by atoms with Gasteiger partial charge in [0.15, 0.2) is 0 Å². The van der Waals surface area contributed by atoms with E-state index >= 15 is 0 Å². The Morgan fingerprint density at radius 1 is 0.328 bits per heavy atom. The van der Waals surface area contributed by atoms with Gasteiger partial charge in [0.1, 0.15) is 11.5 Å². The van der Waals surface area contributed by atoms with Crippen LogP contribution in [0.1, 0.15) is 0 Å². The van der Waals surface area contributed by atoms with Gasteiger partial charge in [-0.25, -0.2) is 9.97 Å². The Bertz CT molecular complexity index is 3660. The van der Waals surface area contributed by atoms with Crippen molar-refractivity contribution in [1.82, 2.24) is 19.1 Å². The van der Waals surface area contributed by atoms with Crippen LogP contribution >= 0.6 is 0 Å². The van der Waals surface area contributed by atoms with Crippen molar-refractivity contribution >= 4 is 54.4 Å². The molecule has 284 valence electrons. The minimum Gasteiger partial charge on any atom is -0.456 e. The molecular weight excluding hydrogens is 745 g/mol. The van der Waals surface area contributed by atoms with Crippen LogP contribution in [-0.2, 0) is 0 Å². The van der Waals surface area contributed by atoms with E-state index in [1.54, 1.807) is 0 Å². The minimum atomic E-state index is 0.633. The number of hydrogen-bond acceptors (Lipinski definition) is 3. The molecule has 1 aliphatic rings. The van der Waals surface area contributed by atoms with Gasteiger partial charge in [-0.2, -0.15) is 0 Å². The van der Waals surface area contributed by atoms with E-state index in [4.69, 9.17) is 14.7 Å². The van der Waals surface area contributed by atoms with Gasteiger partial charge in [0, 0.05) is 49.3 Å². The second kappa shape index (κ2) is 13.1. The molecule has 13 rings (SSSR count). The average Bonchev–Trinajstić information content (AvgIpc) is 3.85. The summed E-state index contributed by atoms with van der Waals surface area (Å²) in [5.41, 5.74) is 13.9. The number of nitrogens with zero attached hydrogens (tertiary/aromatic N) is 4. The van der Waals surface area contributed by atoms with Crippen molar-refractivity contribution in [3.63, 3.8) is 0 Å². The Morgan fingerprint density at radius 2 is 0.934 bits per heavy atom. The predicted molar refractivity (Wildman–Crippen MR) is 250 cm³/mol. The summed E-state index contributed by atoms with van der Waals surface area (Å²) in [6.07, 6.45) is 0. The first-order valence-electron chi connectivity index (χ1n) is 20.7. The monoisotopic (exact) mass is 778 g/mol. The van der Waals surface area contributed by atoms with Crippen molar-refractivity contribution in [3.05, 3.63) is 206 Å². The number of hydrogen-bond donors (Lipinski definition) is 0. The molecule has 0 atom stereocenters. The summed E-state index contributed by atoms with van der Waals surface area (Å²) < 4.78 is 11.2. The molecule has 5 heteroatoms. The number of fused-ring (bicyclic) bond motifs is 9. The fourth-order valence-corrected chi connectivity index (χ4v) is 9.69. The fraction of sp³-hybridized carbons (Fsp3) is 0. The highest BCUT2D eigenvalue weighted by Gasteiger charge is 2.26. The summed E-state index contributed by atoms with van der Waals surface area (Å²) in [5, 5.41) is 7.05. The van der Waals surface area contributed by atoms with Crippen LogP contribution < -0.4 is 4.74 Å². The predicted octanol–water partition coefficient (Wildman–Crippen LogP) is 14.6. The second-order valence-electron chi connectivity index (χ2n) is 15.7. The van der Waals surface area contributed by atoms with Gasteiger partial charge in [-0.1, -0.05) is 152 Å². The minimum absolute atomic E-state index is 0.633. The van der Waals surface area contributed by atoms with Crippen LogP contribution in [0.15, 0.2) is 206 Å².